The number of cyclic esters (lactones) is 1. The number of rotatable bonds is 3. The highest BCUT2D eigenvalue weighted by molar-refractivity contribution is 5.75. The number of allylic oxidation sites excluding steroid dienone is 1. The van der Waals surface area contributed by atoms with E-state index in [4.69, 9.17) is 4.74 Å². The number of pyridine rings is 1. The topological polar surface area (TPSA) is 39.2 Å². The molecular weight excluding hydrogens is 415 g/mol. The first-order chi connectivity index (χ1) is 15.3. The van der Waals surface area contributed by atoms with Crippen LogP contribution in [0.3, 0.4) is 0 Å². The molecule has 0 bridgehead atoms. The molecular formula is C26H26F3NO2. The number of fused-ring (bicyclic) bond motifs is 2. The lowest BCUT2D eigenvalue weighted by molar-refractivity contribution is -0.145. The molecule has 0 unspecified atom stereocenters. The molecule has 5 rings (SSSR count). The van der Waals surface area contributed by atoms with Gasteiger partial charge in [0.15, 0.2) is 0 Å². The highest BCUT2D eigenvalue weighted by Crippen LogP contribution is 2.56. The van der Waals surface area contributed by atoms with Crippen molar-refractivity contribution in [3.63, 3.8) is 0 Å². The number of nitrogens with zero attached hydrogens (tertiary/aromatic N) is 1. The molecule has 3 aliphatic rings. The van der Waals surface area contributed by atoms with Crippen molar-refractivity contribution in [3.8, 4) is 11.1 Å². The van der Waals surface area contributed by atoms with Gasteiger partial charge >= 0.3 is 5.97 Å². The smallest absolute Gasteiger partial charge is 0.309 e. The monoisotopic (exact) mass is 441 g/mol. The summed E-state index contributed by atoms with van der Waals surface area (Å²) >= 11 is 0. The van der Waals surface area contributed by atoms with E-state index in [2.05, 4.69) is 4.98 Å². The molecule has 168 valence electrons. The number of hydrogen-bond acceptors (Lipinski definition) is 3. The van der Waals surface area contributed by atoms with Crippen LogP contribution in [0.5, 0.6) is 0 Å². The minimum atomic E-state index is -2.65. The van der Waals surface area contributed by atoms with Gasteiger partial charge in [-0.3, -0.25) is 9.78 Å². The predicted molar refractivity (Wildman–Crippen MR) is 115 cm³/mol. The zero-order valence-electron chi connectivity index (χ0n) is 17.9. The Hall–Kier alpha value is -2.63. The number of ether oxygens (including phenoxy) is 1. The quantitative estimate of drug-likeness (QED) is 0.537. The molecule has 3 fully saturated rings. The van der Waals surface area contributed by atoms with E-state index in [9.17, 15) is 18.0 Å². The molecule has 1 aromatic carbocycles. The second kappa shape index (κ2) is 8.05. The van der Waals surface area contributed by atoms with Gasteiger partial charge in [-0.2, -0.15) is 0 Å². The van der Waals surface area contributed by atoms with Crippen molar-refractivity contribution in [1.82, 2.24) is 4.98 Å². The van der Waals surface area contributed by atoms with Crippen molar-refractivity contribution in [2.24, 2.45) is 29.6 Å². The van der Waals surface area contributed by atoms with Crippen molar-refractivity contribution >= 4 is 12.0 Å². The summed E-state index contributed by atoms with van der Waals surface area (Å²) in [5.41, 5.74) is 1.89. The van der Waals surface area contributed by atoms with Crippen LogP contribution >= 0.6 is 0 Å². The molecule has 6 heteroatoms. The first-order valence-electron chi connectivity index (χ1n) is 11.3. The zero-order valence-corrected chi connectivity index (χ0v) is 17.9. The molecule has 2 aromatic rings. The Morgan fingerprint density at radius 1 is 1.19 bits per heavy atom. The summed E-state index contributed by atoms with van der Waals surface area (Å²) in [6.45, 7) is 1.91. The molecule has 6 atom stereocenters. The maximum Gasteiger partial charge on any atom is 0.309 e. The van der Waals surface area contributed by atoms with Crippen LogP contribution in [0.15, 0.2) is 48.7 Å². The van der Waals surface area contributed by atoms with Gasteiger partial charge in [-0.05, 0) is 55.7 Å². The molecule has 1 aromatic heterocycles. The summed E-state index contributed by atoms with van der Waals surface area (Å²) in [6, 6.07) is 10.2. The fourth-order valence-corrected chi connectivity index (χ4v) is 6.13. The summed E-state index contributed by atoms with van der Waals surface area (Å²) in [5, 5.41) is 0. The number of benzene rings is 1. The Bertz CT molecular complexity index is 1040. The highest BCUT2D eigenvalue weighted by Gasteiger charge is 2.56. The third-order valence-corrected chi connectivity index (χ3v) is 7.58. The minimum Gasteiger partial charge on any atom is -0.462 e. The van der Waals surface area contributed by atoms with E-state index >= 15 is 0 Å². The Morgan fingerprint density at radius 3 is 2.75 bits per heavy atom. The average Bonchev–Trinajstić information content (AvgIpc) is 3.04. The lowest BCUT2D eigenvalue weighted by Crippen LogP contribution is -2.46. The van der Waals surface area contributed by atoms with Gasteiger partial charge in [0, 0.05) is 36.1 Å². The molecule has 32 heavy (non-hydrogen) atoms. The summed E-state index contributed by atoms with van der Waals surface area (Å²) < 4.78 is 47.8. The molecule has 0 amide bonds. The maximum absolute atomic E-state index is 14.1. The minimum absolute atomic E-state index is 0.00408. The van der Waals surface area contributed by atoms with Crippen molar-refractivity contribution in [2.45, 2.75) is 44.6 Å². The second-order valence-electron chi connectivity index (χ2n) is 9.47. The number of hydrogen-bond donors (Lipinski definition) is 0. The zero-order chi connectivity index (χ0) is 22.5. The van der Waals surface area contributed by atoms with Crippen LogP contribution in [-0.4, -0.2) is 23.0 Å². The molecule has 0 spiro atoms. The highest BCUT2D eigenvalue weighted by atomic mass is 19.3. The fourth-order valence-electron chi connectivity index (χ4n) is 6.13. The van der Waals surface area contributed by atoms with Crippen LogP contribution in [0, 0.1) is 35.4 Å². The largest absolute Gasteiger partial charge is 0.462 e. The van der Waals surface area contributed by atoms with Crippen molar-refractivity contribution in [2.75, 3.05) is 0 Å². The van der Waals surface area contributed by atoms with Crippen LogP contribution in [0.2, 0.25) is 0 Å². The molecule has 1 saturated heterocycles. The molecule has 2 heterocycles. The van der Waals surface area contributed by atoms with Gasteiger partial charge in [0.2, 0.25) is 5.92 Å². The molecule has 3 nitrogen and oxygen atoms in total. The third-order valence-electron chi connectivity index (χ3n) is 7.58. The molecule has 0 radical (unpaired) electrons. The molecule has 2 aliphatic carbocycles. The lowest BCUT2D eigenvalue weighted by atomic mass is 9.57. The summed E-state index contributed by atoms with van der Waals surface area (Å²) in [4.78, 5) is 16.9. The van der Waals surface area contributed by atoms with Gasteiger partial charge < -0.3 is 4.74 Å². The third kappa shape index (κ3) is 3.84. The van der Waals surface area contributed by atoms with E-state index in [0.29, 0.717) is 29.7 Å². The number of carbonyl (C=O) groups excluding carboxylic acids is 1. The van der Waals surface area contributed by atoms with Gasteiger partial charge in [-0.1, -0.05) is 30.3 Å². The van der Waals surface area contributed by atoms with E-state index in [-0.39, 0.29) is 60.3 Å². The van der Waals surface area contributed by atoms with Crippen LogP contribution in [0.4, 0.5) is 13.2 Å². The van der Waals surface area contributed by atoms with Crippen molar-refractivity contribution in [3.05, 3.63) is 60.2 Å². The molecule has 2 saturated carbocycles. The first-order valence-corrected chi connectivity index (χ1v) is 11.3. The number of aromatic nitrogens is 1. The van der Waals surface area contributed by atoms with Crippen molar-refractivity contribution in [1.29, 1.82) is 0 Å². The summed E-state index contributed by atoms with van der Waals surface area (Å²) in [5.74, 6) is -3.59. The molecule has 0 N–H and O–H groups in total. The van der Waals surface area contributed by atoms with Crippen LogP contribution in [0.1, 0.15) is 38.3 Å². The number of alkyl halides is 2. The van der Waals surface area contributed by atoms with E-state index in [1.165, 1.54) is 6.07 Å². The van der Waals surface area contributed by atoms with Crippen LogP contribution in [0.25, 0.3) is 17.2 Å². The lowest BCUT2D eigenvalue weighted by Gasteiger charge is -2.47. The van der Waals surface area contributed by atoms with E-state index < -0.39 is 5.92 Å². The standard InChI is InChI=1S/C26H26F3NO2/c1-15-24-21(19-10-11-26(28,29)13-17(19)12-22(24)25(31)32-15)9-8-18-7-6-16(14-30-18)20-4-2-3-5-23(20)27/h2-9,14-15,17,19,21-22,24H,10-13H2,1H3/b9-8+/t15-,17-,19-,21+,22-,24+/m1/s1. The van der Waals surface area contributed by atoms with Crippen LogP contribution in [-0.2, 0) is 9.53 Å². The molecule has 1 aliphatic heterocycles. The normalized spacial score (nSPS) is 33.6. The Labute approximate surface area is 185 Å². The SMILES string of the molecule is C[C@H]1OC(=O)[C@@H]2C[C@@H]3CC(F)(F)CC[C@H]3[C@H](/C=C/c3ccc(-c4ccccc4F)cn3)[C@H]12. The average molecular weight is 441 g/mol. The number of halogens is 3. The second-order valence-corrected chi connectivity index (χ2v) is 9.47. The van der Waals surface area contributed by atoms with E-state index in [1.54, 1.807) is 24.4 Å². The van der Waals surface area contributed by atoms with Crippen LogP contribution < -0.4 is 0 Å². The Balaban J connectivity index is 1.41. The van der Waals surface area contributed by atoms with Crippen molar-refractivity contribution < 1.29 is 22.7 Å². The Kier molecular flexibility index (Phi) is 5.34. The first kappa shape index (κ1) is 21.2. The fraction of sp³-hybridized carbons (Fsp3) is 0.462. The Morgan fingerprint density at radius 2 is 2.00 bits per heavy atom. The summed E-state index contributed by atoms with van der Waals surface area (Å²) in [7, 11) is 0. The van der Waals surface area contributed by atoms with E-state index in [0.717, 1.165) is 0 Å². The van der Waals surface area contributed by atoms with Gasteiger partial charge in [-0.15, -0.1) is 0 Å². The van der Waals surface area contributed by atoms with Gasteiger partial charge in [-0.25, -0.2) is 13.2 Å². The van der Waals surface area contributed by atoms with Gasteiger partial charge in [0.25, 0.3) is 0 Å². The summed E-state index contributed by atoms with van der Waals surface area (Å²) in [6.07, 6.45) is 6.05. The number of carbonyl (C=O) groups is 1. The maximum atomic E-state index is 14.1. The number of esters is 1. The van der Waals surface area contributed by atoms with Gasteiger partial charge in [0.05, 0.1) is 11.6 Å². The van der Waals surface area contributed by atoms with E-state index in [1.807, 2.05) is 31.2 Å². The predicted octanol–water partition coefficient (Wildman–Crippen LogP) is 6.15. The van der Waals surface area contributed by atoms with Gasteiger partial charge in [0.1, 0.15) is 11.9 Å².